The summed E-state index contributed by atoms with van der Waals surface area (Å²) in [6.45, 7) is 6.02. The van der Waals surface area contributed by atoms with Gasteiger partial charge in [0.1, 0.15) is 0 Å². The summed E-state index contributed by atoms with van der Waals surface area (Å²) in [7, 11) is 0. The monoisotopic (exact) mass is 230 g/mol. The Balaban J connectivity index is 1.97. The lowest BCUT2D eigenvalue weighted by Gasteiger charge is -2.04. The molecule has 0 unspecified atom stereocenters. The van der Waals surface area contributed by atoms with Crippen molar-refractivity contribution in [2.75, 3.05) is 6.54 Å². The molecular weight excluding hydrogens is 212 g/mol. The first-order valence-corrected chi connectivity index (χ1v) is 5.96. The molecule has 0 amide bonds. The van der Waals surface area contributed by atoms with E-state index in [9.17, 15) is 0 Å². The van der Waals surface area contributed by atoms with Gasteiger partial charge in [-0.3, -0.25) is 0 Å². The summed E-state index contributed by atoms with van der Waals surface area (Å²) in [5.74, 6) is 2.20. The molecule has 0 aliphatic carbocycles. The number of nitrogens with one attached hydrogen (secondary N) is 1. The lowest BCUT2D eigenvalue weighted by atomic mass is 10.2. The fourth-order valence-corrected chi connectivity index (χ4v) is 1.60. The summed E-state index contributed by atoms with van der Waals surface area (Å²) < 4.78 is 5.68. The average molecular weight is 230 g/mol. The molecule has 17 heavy (non-hydrogen) atoms. The lowest BCUT2D eigenvalue weighted by molar-refractivity contribution is 0.459. The van der Waals surface area contributed by atoms with Gasteiger partial charge in [-0.15, -0.1) is 0 Å². The number of benzene rings is 1. The maximum absolute atomic E-state index is 5.68. The van der Waals surface area contributed by atoms with Gasteiger partial charge in [-0.25, -0.2) is 4.98 Å². The van der Waals surface area contributed by atoms with Crippen molar-refractivity contribution in [3.8, 4) is 11.3 Å². The highest BCUT2D eigenvalue weighted by atomic mass is 16.4. The first-order chi connectivity index (χ1) is 8.25. The van der Waals surface area contributed by atoms with Crippen molar-refractivity contribution < 1.29 is 4.42 Å². The molecule has 0 atom stereocenters. The summed E-state index contributed by atoms with van der Waals surface area (Å²) in [4.78, 5) is 4.26. The lowest BCUT2D eigenvalue weighted by Crippen LogP contribution is -2.18. The Bertz CT molecular complexity index is 448. The van der Waals surface area contributed by atoms with Crippen LogP contribution in [0.3, 0.4) is 0 Å². The second kappa shape index (κ2) is 5.64. The van der Waals surface area contributed by atoms with Gasteiger partial charge in [-0.2, -0.15) is 0 Å². The van der Waals surface area contributed by atoms with Gasteiger partial charge in [0.2, 0.25) is 5.89 Å². The van der Waals surface area contributed by atoms with Crippen molar-refractivity contribution in [1.82, 2.24) is 10.3 Å². The number of hydrogen-bond acceptors (Lipinski definition) is 3. The van der Waals surface area contributed by atoms with Crippen molar-refractivity contribution in [1.29, 1.82) is 0 Å². The van der Waals surface area contributed by atoms with E-state index in [0.29, 0.717) is 12.5 Å². The van der Waals surface area contributed by atoms with E-state index < -0.39 is 0 Å². The van der Waals surface area contributed by atoms with Crippen LogP contribution in [-0.4, -0.2) is 11.5 Å². The fourth-order valence-electron chi connectivity index (χ4n) is 1.60. The van der Waals surface area contributed by atoms with Crippen LogP contribution in [0.2, 0.25) is 0 Å². The summed E-state index contributed by atoms with van der Waals surface area (Å²) >= 11 is 0. The van der Waals surface area contributed by atoms with Crippen LogP contribution >= 0.6 is 0 Å². The van der Waals surface area contributed by atoms with Gasteiger partial charge >= 0.3 is 0 Å². The first-order valence-electron chi connectivity index (χ1n) is 5.96. The summed E-state index contributed by atoms with van der Waals surface area (Å²) in [5, 5.41) is 3.31. The van der Waals surface area contributed by atoms with E-state index in [1.54, 1.807) is 6.20 Å². The molecule has 2 aromatic rings. The van der Waals surface area contributed by atoms with Gasteiger partial charge in [0, 0.05) is 5.56 Å². The van der Waals surface area contributed by atoms with Crippen LogP contribution in [0.25, 0.3) is 11.3 Å². The molecule has 1 heterocycles. The van der Waals surface area contributed by atoms with Crippen LogP contribution in [0, 0.1) is 5.92 Å². The summed E-state index contributed by atoms with van der Waals surface area (Å²) in [6.07, 6.45) is 1.78. The second-order valence-electron chi connectivity index (χ2n) is 4.51. The average Bonchev–Trinajstić information content (AvgIpc) is 2.78. The zero-order valence-electron chi connectivity index (χ0n) is 10.3. The Hall–Kier alpha value is -1.61. The number of aromatic nitrogens is 1. The normalized spacial score (nSPS) is 11.0. The molecule has 0 saturated carbocycles. The Kier molecular flexibility index (Phi) is 3.94. The molecule has 1 aromatic heterocycles. The second-order valence-corrected chi connectivity index (χ2v) is 4.51. The van der Waals surface area contributed by atoms with E-state index in [2.05, 4.69) is 24.1 Å². The molecule has 2 rings (SSSR count). The molecule has 0 aliphatic heterocycles. The van der Waals surface area contributed by atoms with Crippen LogP contribution in [0.1, 0.15) is 19.7 Å². The Morgan fingerprint density at radius 2 is 2.00 bits per heavy atom. The van der Waals surface area contributed by atoms with Crippen LogP contribution < -0.4 is 5.32 Å². The molecular formula is C14H18N2O. The van der Waals surface area contributed by atoms with Gasteiger partial charge in [0.15, 0.2) is 5.76 Å². The minimum absolute atomic E-state index is 0.638. The number of oxazole rings is 1. The van der Waals surface area contributed by atoms with Crippen LogP contribution in [0.4, 0.5) is 0 Å². The third-order valence-corrected chi connectivity index (χ3v) is 2.44. The number of rotatable bonds is 5. The highest BCUT2D eigenvalue weighted by Gasteiger charge is 2.05. The Morgan fingerprint density at radius 3 is 2.71 bits per heavy atom. The van der Waals surface area contributed by atoms with Crippen molar-refractivity contribution in [2.24, 2.45) is 5.92 Å². The maximum Gasteiger partial charge on any atom is 0.208 e. The minimum atomic E-state index is 0.638. The molecule has 0 spiro atoms. The predicted molar refractivity (Wildman–Crippen MR) is 68.5 cm³/mol. The highest BCUT2D eigenvalue weighted by Crippen LogP contribution is 2.19. The predicted octanol–water partition coefficient (Wildman–Crippen LogP) is 3.09. The van der Waals surface area contributed by atoms with Crippen molar-refractivity contribution >= 4 is 0 Å². The van der Waals surface area contributed by atoms with E-state index in [1.165, 1.54) is 0 Å². The largest absolute Gasteiger partial charge is 0.439 e. The zero-order valence-corrected chi connectivity index (χ0v) is 10.3. The van der Waals surface area contributed by atoms with Gasteiger partial charge in [0.25, 0.3) is 0 Å². The van der Waals surface area contributed by atoms with Gasteiger partial charge < -0.3 is 9.73 Å². The molecule has 0 aliphatic rings. The Morgan fingerprint density at radius 1 is 1.24 bits per heavy atom. The maximum atomic E-state index is 5.68. The quantitative estimate of drug-likeness (QED) is 0.857. The summed E-state index contributed by atoms with van der Waals surface area (Å²) in [6, 6.07) is 10.0. The third-order valence-electron chi connectivity index (χ3n) is 2.44. The SMILES string of the molecule is CC(C)CNCc1ncc(-c2ccccc2)o1. The highest BCUT2D eigenvalue weighted by molar-refractivity contribution is 5.55. The smallest absolute Gasteiger partial charge is 0.208 e. The zero-order chi connectivity index (χ0) is 12.1. The van der Waals surface area contributed by atoms with Crippen molar-refractivity contribution in [3.63, 3.8) is 0 Å². The third kappa shape index (κ3) is 3.43. The molecule has 90 valence electrons. The standard InChI is InChI=1S/C14H18N2O/c1-11(2)8-15-10-14-16-9-13(17-14)12-6-4-3-5-7-12/h3-7,9,11,15H,8,10H2,1-2H3. The number of nitrogens with zero attached hydrogens (tertiary/aromatic N) is 1. The first kappa shape index (κ1) is 11.9. The fraction of sp³-hybridized carbons (Fsp3) is 0.357. The molecule has 3 heteroatoms. The van der Waals surface area contributed by atoms with Crippen LogP contribution in [0.5, 0.6) is 0 Å². The van der Waals surface area contributed by atoms with Crippen LogP contribution in [0.15, 0.2) is 40.9 Å². The number of hydrogen-bond donors (Lipinski definition) is 1. The van der Waals surface area contributed by atoms with E-state index in [-0.39, 0.29) is 0 Å². The molecule has 0 bridgehead atoms. The topological polar surface area (TPSA) is 38.1 Å². The molecule has 0 saturated heterocycles. The van der Waals surface area contributed by atoms with E-state index >= 15 is 0 Å². The summed E-state index contributed by atoms with van der Waals surface area (Å²) in [5.41, 5.74) is 1.06. The van der Waals surface area contributed by atoms with E-state index in [1.807, 2.05) is 30.3 Å². The van der Waals surface area contributed by atoms with Crippen molar-refractivity contribution in [2.45, 2.75) is 20.4 Å². The molecule has 0 radical (unpaired) electrons. The van der Waals surface area contributed by atoms with Gasteiger partial charge in [0.05, 0.1) is 12.7 Å². The van der Waals surface area contributed by atoms with Gasteiger partial charge in [-0.1, -0.05) is 44.2 Å². The molecule has 3 nitrogen and oxygen atoms in total. The molecule has 1 N–H and O–H groups in total. The molecule has 1 aromatic carbocycles. The van der Waals surface area contributed by atoms with Gasteiger partial charge in [-0.05, 0) is 12.5 Å². The van der Waals surface area contributed by atoms with E-state index in [0.717, 1.165) is 23.8 Å². The van der Waals surface area contributed by atoms with E-state index in [4.69, 9.17) is 4.42 Å². The minimum Gasteiger partial charge on any atom is -0.439 e. The molecule has 0 fully saturated rings. The Labute approximate surface area is 102 Å². The van der Waals surface area contributed by atoms with Crippen LogP contribution in [-0.2, 0) is 6.54 Å². The van der Waals surface area contributed by atoms with Crippen molar-refractivity contribution in [3.05, 3.63) is 42.4 Å².